The molecule has 2 aliphatic carbocycles. The van der Waals surface area contributed by atoms with Gasteiger partial charge in [0.15, 0.2) is 0 Å². The van der Waals surface area contributed by atoms with E-state index in [0.29, 0.717) is 6.42 Å². The second kappa shape index (κ2) is 7.92. The molecule has 1 aromatic rings. The van der Waals surface area contributed by atoms with Gasteiger partial charge in [0.25, 0.3) is 0 Å². The van der Waals surface area contributed by atoms with Crippen LogP contribution >= 0.6 is 7.82 Å². The minimum Gasteiger partial charge on any atom is -0.491 e. The molecule has 150 valence electrons. The molecule has 0 unspecified atom stereocenters. The van der Waals surface area contributed by atoms with E-state index in [1.807, 2.05) is 13.0 Å². The smallest absolute Gasteiger partial charge is 0.469 e. The second-order valence-electron chi connectivity index (χ2n) is 7.75. The maximum atomic E-state index is 11.2. The van der Waals surface area contributed by atoms with Crippen LogP contribution in [0.2, 0.25) is 0 Å². The molecule has 1 atom stereocenters. The van der Waals surface area contributed by atoms with Crippen molar-refractivity contribution in [2.45, 2.75) is 63.4 Å². The Labute approximate surface area is 158 Å². The Morgan fingerprint density at radius 2 is 2.00 bits per heavy atom. The number of carboxylic acids is 1. The van der Waals surface area contributed by atoms with Crippen LogP contribution < -0.4 is 4.74 Å². The Morgan fingerprint density at radius 1 is 1.30 bits per heavy atom. The van der Waals surface area contributed by atoms with E-state index in [-0.39, 0.29) is 24.0 Å². The number of carbonyl (C=O) groups is 1. The van der Waals surface area contributed by atoms with E-state index in [9.17, 15) is 14.5 Å². The fourth-order valence-electron chi connectivity index (χ4n) is 4.41. The monoisotopic (exact) mass is 398 g/mol. The minimum absolute atomic E-state index is 0.0629. The van der Waals surface area contributed by atoms with Crippen molar-refractivity contribution in [3.05, 3.63) is 29.3 Å². The van der Waals surface area contributed by atoms with Gasteiger partial charge in [-0.2, -0.15) is 0 Å². The average Bonchev–Trinajstić information content (AvgIpc) is 2.92. The molecule has 3 N–H and O–H groups in total. The predicted molar refractivity (Wildman–Crippen MR) is 98.7 cm³/mol. The van der Waals surface area contributed by atoms with Gasteiger partial charge in [-0.05, 0) is 74.1 Å². The molecular weight excluding hydrogens is 371 g/mol. The summed E-state index contributed by atoms with van der Waals surface area (Å²) < 4.78 is 21.1. The highest BCUT2D eigenvalue weighted by Crippen LogP contribution is 2.50. The zero-order chi connectivity index (χ0) is 19.7. The number of benzene rings is 1. The lowest BCUT2D eigenvalue weighted by Gasteiger charge is -2.37. The summed E-state index contributed by atoms with van der Waals surface area (Å²) in [4.78, 5) is 28.7. The summed E-state index contributed by atoms with van der Waals surface area (Å²) in [5.41, 5.74) is 2.66. The van der Waals surface area contributed by atoms with Gasteiger partial charge in [0, 0.05) is 6.42 Å². The van der Waals surface area contributed by atoms with Crippen LogP contribution in [0.4, 0.5) is 0 Å². The van der Waals surface area contributed by atoms with E-state index >= 15 is 0 Å². The largest absolute Gasteiger partial charge is 0.491 e. The quantitative estimate of drug-likeness (QED) is 0.603. The Bertz CT molecular complexity index is 734. The minimum atomic E-state index is -4.45. The summed E-state index contributed by atoms with van der Waals surface area (Å²) in [6.45, 7) is 1.76. The van der Waals surface area contributed by atoms with E-state index < -0.39 is 13.8 Å². The third-order valence-electron chi connectivity index (χ3n) is 5.94. The first kappa shape index (κ1) is 20.3. The van der Waals surface area contributed by atoms with E-state index in [4.69, 9.17) is 14.5 Å². The van der Waals surface area contributed by atoms with Crippen molar-refractivity contribution in [1.29, 1.82) is 0 Å². The van der Waals surface area contributed by atoms with Crippen LogP contribution in [0.3, 0.4) is 0 Å². The highest BCUT2D eigenvalue weighted by atomic mass is 31.2. The number of carboxylic acid groups (broad SMARTS) is 1. The summed E-state index contributed by atoms with van der Waals surface area (Å²) in [6, 6.07) is 6.09. The van der Waals surface area contributed by atoms with Crippen molar-refractivity contribution in [3.8, 4) is 5.75 Å². The van der Waals surface area contributed by atoms with Gasteiger partial charge in [-0.15, -0.1) is 0 Å². The molecule has 1 fully saturated rings. The standard InChI is InChI=1S/C19H27O7P/c1-13(7-11-25-27(22,23)24)26-16-3-2-14-4-8-19(17(14)12-16)9-5-15(6-10-19)18(20)21/h2-3,12-13,15H,4-11H2,1H3,(H,20,21)(H2,22,23,24)/t13-,15?,19?/m0/s1. The topological polar surface area (TPSA) is 113 Å². The SMILES string of the molecule is C[C@@H](CCOP(=O)(O)O)Oc1ccc2c(c1)C1(CC2)CCC(C(=O)O)CC1. The maximum absolute atomic E-state index is 11.2. The van der Waals surface area contributed by atoms with Gasteiger partial charge in [-0.25, -0.2) is 4.57 Å². The number of aliphatic carboxylic acids is 1. The average molecular weight is 398 g/mol. The number of hydrogen-bond donors (Lipinski definition) is 3. The maximum Gasteiger partial charge on any atom is 0.469 e. The van der Waals surface area contributed by atoms with E-state index in [1.165, 1.54) is 11.1 Å². The van der Waals surface area contributed by atoms with Gasteiger partial charge in [0.1, 0.15) is 5.75 Å². The first-order valence-corrected chi connectivity index (χ1v) is 10.9. The van der Waals surface area contributed by atoms with Crippen molar-refractivity contribution in [1.82, 2.24) is 0 Å². The molecule has 2 aliphatic rings. The number of fused-ring (bicyclic) bond motifs is 2. The fourth-order valence-corrected chi connectivity index (χ4v) is 4.76. The number of ether oxygens (including phenoxy) is 1. The van der Waals surface area contributed by atoms with Gasteiger partial charge >= 0.3 is 13.8 Å². The molecule has 7 nitrogen and oxygen atoms in total. The van der Waals surface area contributed by atoms with E-state index in [0.717, 1.165) is 44.3 Å². The van der Waals surface area contributed by atoms with Crippen LogP contribution in [-0.4, -0.2) is 33.6 Å². The lowest BCUT2D eigenvalue weighted by Crippen LogP contribution is -2.32. The van der Waals surface area contributed by atoms with Gasteiger partial charge in [0.05, 0.1) is 18.6 Å². The highest BCUT2D eigenvalue weighted by molar-refractivity contribution is 7.46. The van der Waals surface area contributed by atoms with Crippen molar-refractivity contribution in [2.75, 3.05) is 6.61 Å². The van der Waals surface area contributed by atoms with Crippen molar-refractivity contribution in [2.24, 2.45) is 5.92 Å². The lowest BCUT2D eigenvalue weighted by molar-refractivity contribution is -0.143. The summed E-state index contributed by atoms with van der Waals surface area (Å²) in [7, 11) is -4.45. The van der Waals surface area contributed by atoms with Crippen molar-refractivity contribution < 1.29 is 33.5 Å². The molecular formula is C19H27O7P. The molecule has 0 saturated heterocycles. The van der Waals surface area contributed by atoms with Gasteiger partial charge in [-0.1, -0.05) is 6.07 Å². The van der Waals surface area contributed by atoms with Gasteiger partial charge < -0.3 is 19.6 Å². The van der Waals surface area contributed by atoms with Crippen LogP contribution in [0.1, 0.15) is 56.6 Å². The van der Waals surface area contributed by atoms with Crippen LogP contribution in [0.15, 0.2) is 18.2 Å². The molecule has 3 rings (SSSR count). The van der Waals surface area contributed by atoms with Crippen LogP contribution in [0.5, 0.6) is 5.75 Å². The zero-order valence-electron chi connectivity index (χ0n) is 15.5. The number of rotatable bonds is 7. The van der Waals surface area contributed by atoms with Gasteiger partial charge in [-0.3, -0.25) is 9.32 Å². The molecule has 0 aromatic heterocycles. The summed E-state index contributed by atoms with van der Waals surface area (Å²) in [6.07, 6.45) is 5.43. The Hall–Kier alpha value is -1.40. The van der Waals surface area contributed by atoms with Crippen molar-refractivity contribution >= 4 is 13.8 Å². The van der Waals surface area contributed by atoms with Crippen LogP contribution in [0.25, 0.3) is 0 Å². The summed E-state index contributed by atoms with van der Waals surface area (Å²) in [5, 5.41) is 9.25. The molecule has 1 saturated carbocycles. The Balaban J connectivity index is 1.64. The molecule has 0 heterocycles. The molecule has 27 heavy (non-hydrogen) atoms. The van der Waals surface area contributed by atoms with Crippen molar-refractivity contribution in [3.63, 3.8) is 0 Å². The first-order valence-electron chi connectivity index (χ1n) is 9.41. The number of aryl methyl sites for hydroxylation is 1. The third kappa shape index (κ3) is 4.91. The van der Waals surface area contributed by atoms with E-state index in [2.05, 4.69) is 16.7 Å². The predicted octanol–water partition coefficient (Wildman–Crippen LogP) is 3.41. The normalized spacial score (nSPS) is 26.0. The highest BCUT2D eigenvalue weighted by Gasteiger charge is 2.43. The van der Waals surface area contributed by atoms with Crippen LogP contribution in [-0.2, 0) is 25.7 Å². The number of phosphoric acid groups is 1. The number of hydrogen-bond acceptors (Lipinski definition) is 4. The zero-order valence-corrected chi connectivity index (χ0v) is 16.4. The first-order chi connectivity index (χ1) is 12.7. The molecule has 0 amide bonds. The summed E-state index contributed by atoms with van der Waals surface area (Å²) >= 11 is 0. The molecule has 1 spiro atoms. The molecule has 8 heteroatoms. The second-order valence-corrected chi connectivity index (χ2v) is 8.99. The number of phosphoric ester groups is 1. The van der Waals surface area contributed by atoms with Crippen LogP contribution in [0, 0.1) is 5.92 Å². The third-order valence-corrected chi connectivity index (χ3v) is 6.46. The van der Waals surface area contributed by atoms with Gasteiger partial charge in [0.2, 0.25) is 0 Å². The Morgan fingerprint density at radius 3 is 2.63 bits per heavy atom. The summed E-state index contributed by atoms with van der Waals surface area (Å²) in [5.74, 6) is -0.182. The molecule has 0 bridgehead atoms. The fraction of sp³-hybridized carbons (Fsp3) is 0.632. The Kier molecular flexibility index (Phi) is 5.96. The molecule has 1 aromatic carbocycles. The lowest BCUT2D eigenvalue weighted by atomic mass is 9.67. The molecule has 0 aliphatic heterocycles. The molecule has 0 radical (unpaired) electrons. The van der Waals surface area contributed by atoms with E-state index in [1.54, 1.807) is 0 Å².